The number of pyridine rings is 6. The van der Waals surface area contributed by atoms with Crippen LogP contribution in [0, 0.1) is 27.3 Å². The van der Waals surface area contributed by atoms with Gasteiger partial charge in [0.2, 0.25) is 0 Å². The molecule has 0 saturated carbocycles. The van der Waals surface area contributed by atoms with Crippen LogP contribution in [0.3, 0.4) is 0 Å². The van der Waals surface area contributed by atoms with E-state index in [1.165, 1.54) is 122 Å². The lowest BCUT2D eigenvalue weighted by Gasteiger charge is -2.14. The molecule has 0 N–H and O–H groups in total. The van der Waals surface area contributed by atoms with Gasteiger partial charge in [-0.25, -0.2) is 0 Å². The molecule has 18 nitrogen and oxygen atoms in total. The lowest BCUT2D eigenvalue weighted by atomic mass is 9.95. The number of benzene rings is 12. The zero-order valence-corrected chi connectivity index (χ0v) is 91.8. The molecule has 0 radical (unpaired) electrons. The molecule has 24 aromatic rings. The van der Waals surface area contributed by atoms with Gasteiger partial charge >= 0.3 is 0 Å². The second-order valence-electron chi connectivity index (χ2n) is 35.7. The number of aromatic nitrogens is 18. The highest BCUT2D eigenvalue weighted by Gasteiger charge is 2.23. The van der Waals surface area contributed by atoms with Crippen molar-refractivity contribution in [3.05, 3.63) is 383 Å². The van der Waals surface area contributed by atoms with Crippen molar-refractivity contribution >= 4 is 234 Å². The molecule has 24 heteroatoms. The van der Waals surface area contributed by atoms with Crippen LogP contribution in [0.1, 0.15) is 133 Å². The molecule has 140 heavy (non-hydrogen) atoms. The minimum atomic E-state index is 0.441. The maximum absolute atomic E-state index is 4.48. The Bertz CT molecular complexity index is 8580. The maximum Gasteiger partial charge on any atom is 0.168 e. The Morgan fingerprint density at radius 2 is 0.457 bits per heavy atom. The Labute approximate surface area is 894 Å². The number of halogens is 6. The SMILES string of the molecule is CC(C)Cc1cn2c(-c3ccc(I)cc3)nnc2c2ccccc12.CC(C)c1cn2c(-c3ccc(I)cc3)nnc2c2ccccc12.CCC(C)c1cn2c(-c3ccc(I)cc3)nnc2c2ccccc12.CCCCc1cn2c(-c3ccc(I)cc3)nnc2c2ccccc12.CCCc1cn2c(-c3ccc(I)cc3)nnc2c2ccccc12.CCc1cn2c(-c3ccc(I)cc3)nnc2c2ccccc12. The Balaban J connectivity index is 0.000000107. The molecule has 0 fully saturated rings. The molecule has 0 amide bonds. The molecule has 0 aliphatic carbocycles. The van der Waals surface area contributed by atoms with Gasteiger partial charge in [0.05, 0.1) is 0 Å². The van der Waals surface area contributed by atoms with Crippen molar-refractivity contribution in [1.82, 2.24) is 87.6 Å². The van der Waals surface area contributed by atoms with E-state index in [1.807, 2.05) is 0 Å². The molecule has 12 heterocycles. The number of hydrogen-bond acceptors (Lipinski definition) is 12. The van der Waals surface area contributed by atoms with Crippen molar-refractivity contribution < 1.29 is 0 Å². The third-order valence-corrected chi connectivity index (χ3v) is 29.9. The summed E-state index contributed by atoms with van der Waals surface area (Å²) in [7, 11) is 0. The fourth-order valence-electron chi connectivity index (χ4n) is 18.4. The molecule has 12 aromatic carbocycles. The van der Waals surface area contributed by atoms with Crippen LogP contribution < -0.4 is 0 Å². The Morgan fingerprint density at radius 3 is 0.721 bits per heavy atom. The first-order valence-corrected chi connectivity index (χ1v) is 53.9. The summed E-state index contributed by atoms with van der Waals surface area (Å²) in [6.45, 7) is 20.1. The quantitative estimate of drug-likeness (QED) is 0.0788. The van der Waals surface area contributed by atoms with Gasteiger partial charge in [-0.15, -0.1) is 61.2 Å². The van der Waals surface area contributed by atoms with E-state index < -0.39 is 0 Å². The summed E-state index contributed by atoms with van der Waals surface area (Å²) in [4.78, 5) is 0. The van der Waals surface area contributed by atoms with Crippen LogP contribution >= 0.6 is 136 Å². The van der Waals surface area contributed by atoms with E-state index in [0.717, 1.165) is 152 Å². The van der Waals surface area contributed by atoms with E-state index in [2.05, 4.69) is 614 Å². The van der Waals surface area contributed by atoms with E-state index >= 15 is 0 Å². The van der Waals surface area contributed by atoms with Gasteiger partial charge in [-0.3, -0.25) is 26.4 Å². The highest BCUT2D eigenvalue weighted by Crippen LogP contribution is 2.38. The van der Waals surface area contributed by atoms with Gasteiger partial charge in [0, 0.05) is 124 Å². The second-order valence-corrected chi connectivity index (χ2v) is 43.1. The summed E-state index contributed by atoms with van der Waals surface area (Å²) in [6, 6.07) is 101. The molecule has 1 unspecified atom stereocenters. The fraction of sp³-hybridized carbons (Fsp3) is 0.172. The summed E-state index contributed by atoms with van der Waals surface area (Å²) in [5, 5.41) is 68.2. The number of unbranched alkanes of at least 4 members (excludes halogenated alkanes) is 1. The smallest absolute Gasteiger partial charge is 0.168 e. The summed E-state index contributed by atoms with van der Waals surface area (Å²) in [5.74, 6) is 6.93. The van der Waals surface area contributed by atoms with Crippen LogP contribution in [0.2, 0.25) is 0 Å². The standard InChI is InChI=1S/3C20H18IN3.2C19H16IN3.C18H14IN3/c1-13(2)11-15-12-24-19(14-7-9-16(21)10-8-14)22-23-20(24)18-6-4-3-5-17(15)18;1-3-13(2)18-12-24-19(14-8-10-15(21)11-9-14)22-23-20(24)17-7-5-4-6-16(17)18;1-2-3-6-15-13-24-19(14-9-11-16(21)12-10-14)22-23-20(24)18-8-5-4-7-17(15)18;1-12(2)17-11-23-18(13-7-9-14(20)10-8-13)21-22-19(23)16-6-4-3-5-15(16)17;1-2-5-14-12-23-18(13-8-10-15(20)11-9-13)21-22-19(23)17-7-4-3-6-16(14)17;1-2-12-11-22-17(13-7-9-14(19)10-8-13)20-21-18(22)16-6-4-3-5-15(12)16/h3-10,12-13H,11H2,1-2H3;4-13H,3H2,1-2H3;4-5,7-13H,2-3,6H2,1H3;3-12H,1-2H3;3-4,6-12H,2,5H2,1H3;3-11H,2H2,1H3. The van der Waals surface area contributed by atoms with Crippen LogP contribution in [-0.2, 0) is 25.7 Å². The van der Waals surface area contributed by atoms with Crippen LogP contribution in [0.5, 0.6) is 0 Å². The second kappa shape index (κ2) is 43.8. The van der Waals surface area contributed by atoms with E-state index in [1.54, 1.807) is 0 Å². The first kappa shape index (κ1) is 97.1. The zero-order chi connectivity index (χ0) is 96.8. The average molecular weight is 2510 g/mol. The molecule has 0 aliphatic rings. The normalized spacial score (nSPS) is 11.7. The van der Waals surface area contributed by atoms with E-state index in [-0.39, 0.29) is 0 Å². The lowest BCUT2D eigenvalue weighted by molar-refractivity contribution is 0.648. The Kier molecular flexibility index (Phi) is 30.4. The van der Waals surface area contributed by atoms with Gasteiger partial charge < -0.3 is 0 Å². The number of fused-ring (bicyclic) bond motifs is 18. The van der Waals surface area contributed by atoms with Crippen molar-refractivity contribution in [3.63, 3.8) is 0 Å². The third-order valence-electron chi connectivity index (χ3n) is 25.6. The molecule has 0 saturated heterocycles. The van der Waals surface area contributed by atoms with E-state index in [9.17, 15) is 0 Å². The monoisotopic (exact) mass is 2510 g/mol. The highest BCUT2D eigenvalue weighted by molar-refractivity contribution is 14.1. The summed E-state index contributed by atoms with van der Waals surface area (Å²) < 4.78 is 20.1. The molecular formula is C116H100I6N18. The predicted octanol–water partition coefficient (Wildman–Crippen LogP) is 31.6. The average Bonchev–Trinajstić information content (AvgIpc) is 0.925. The first-order chi connectivity index (χ1) is 68.3. The molecule has 0 bridgehead atoms. The third kappa shape index (κ3) is 20.5. The number of nitrogens with zero attached hydrogens (tertiary/aromatic N) is 18. The molecule has 0 aliphatic heterocycles. The Hall–Kier alpha value is -11.7. The lowest BCUT2D eigenvalue weighted by Crippen LogP contribution is -2.00. The highest BCUT2D eigenvalue weighted by atomic mass is 127. The van der Waals surface area contributed by atoms with Crippen molar-refractivity contribution in [2.24, 2.45) is 5.92 Å². The summed E-state index contributed by atoms with van der Waals surface area (Å²) in [5.41, 5.74) is 20.1. The van der Waals surface area contributed by atoms with Crippen molar-refractivity contribution in [3.8, 4) is 68.3 Å². The molecule has 12 aromatic heterocycles. The maximum atomic E-state index is 4.48. The number of aryl methyl sites for hydroxylation is 3. The fourth-order valence-corrected chi connectivity index (χ4v) is 20.5. The van der Waals surface area contributed by atoms with E-state index in [0.29, 0.717) is 17.8 Å². The van der Waals surface area contributed by atoms with Gasteiger partial charge in [-0.05, 0) is 330 Å². The topological polar surface area (TPSA) is 181 Å². The van der Waals surface area contributed by atoms with Crippen LogP contribution in [-0.4, -0.2) is 87.6 Å². The summed E-state index contributed by atoms with van der Waals surface area (Å²) in [6.07, 6.45) is 22.0. The molecule has 696 valence electrons. The van der Waals surface area contributed by atoms with Crippen molar-refractivity contribution in [1.29, 1.82) is 0 Å². The van der Waals surface area contributed by atoms with E-state index in [4.69, 9.17) is 0 Å². The number of rotatable bonds is 17. The molecule has 24 rings (SSSR count). The largest absolute Gasteiger partial charge is 0.282 e. The minimum absolute atomic E-state index is 0.441. The van der Waals surface area contributed by atoms with Gasteiger partial charge in [0.25, 0.3) is 0 Å². The van der Waals surface area contributed by atoms with Crippen LogP contribution in [0.15, 0.2) is 328 Å². The molecular weight excluding hydrogens is 2410 g/mol. The minimum Gasteiger partial charge on any atom is -0.282 e. The first-order valence-electron chi connectivity index (χ1n) is 47.4. The number of hydrogen-bond donors (Lipinski definition) is 0. The van der Waals surface area contributed by atoms with Crippen LogP contribution in [0.4, 0.5) is 0 Å². The molecule has 1 atom stereocenters. The predicted molar refractivity (Wildman–Crippen MR) is 625 cm³/mol. The van der Waals surface area contributed by atoms with Crippen molar-refractivity contribution in [2.45, 2.75) is 126 Å². The van der Waals surface area contributed by atoms with Crippen LogP contribution in [0.25, 0.3) is 167 Å². The van der Waals surface area contributed by atoms with Gasteiger partial charge in [-0.2, -0.15) is 0 Å². The molecule has 0 spiro atoms. The van der Waals surface area contributed by atoms with Gasteiger partial charge in [0.1, 0.15) is 0 Å². The van der Waals surface area contributed by atoms with Gasteiger partial charge in [-0.1, -0.05) is 294 Å². The zero-order valence-electron chi connectivity index (χ0n) is 78.9. The van der Waals surface area contributed by atoms with Crippen molar-refractivity contribution in [2.75, 3.05) is 0 Å². The van der Waals surface area contributed by atoms with Gasteiger partial charge in [0.15, 0.2) is 68.8 Å². The summed E-state index contributed by atoms with van der Waals surface area (Å²) >= 11 is 13.9. The Morgan fingerprint density at radius 1 is 0.229 bits per heavy atom.